The zero-order valence-corrected chi connectivity index (χ0v) is 15.4. The quantitative estimate of drug-likeness (QED) is 0.745. The van der Waals surface area contributed by atoms with Gasteiger partial charge in [-0.25, -0.2) is 4.98 Å². The number of para-hydroxylation sites is 1. The van der Waals surface area contributed by atoms with Crippen LogP contribution in [0, 0.1) is 0 Å². The van der Waals surface area contributed by atoms with Gasteiger partial charge in [0.1, 0.15) is 5.82 Å². The SMILES string of the molecule is COCCCNc1ccc(C(=O)Nc2ccccc2C(C)(C)C)cn1. The van der Waals surface area contributed by atoms with E-state index in [4.69, 9.17) is 4.74 Å². The van der Waals surface area contributed by atoms with Crippen LogP contribution in [0.4, 0.5) is 11.5 Å². The van der Waals surface area contributed by atoms with Gasteiger partial charge in [-0.2, -0.15) is 0 Å². The molecule has 0 fully saturated rings. The summed E-state index contributed by atoms with van der Waals surface area (Å²) < 4.78 is 5.01. The van der Waals surface area contributed by atoms with E-state index in [2.05, 4.69) is 36.4 Å². The molecular formula is C20H27N3O2. The van der Waals surface area contributed by atoms with E-state index in [1.165, 1.54) is 0 Å². The standard InChI is InChI=1S/C20H27N3O2/c1-20(2,3)16-8-5-6-9-17(16)23-19(24)15-10-11-18(22-14-15)21-12-7-13-25-4/h5-6,8-11,14H,7,12-13H2,1-4H3,(H,21,22)(H,23,24). The number of benzene rings is 1. The molecule has 2 aromatic rings. The van der Waals surface area contributed by atoms with Crippen molar-refractivity contribution in [1.29, 1.82) is 0 Å². The van der Waals surface area contributed by atoms with Crippen LogP contribution in [0.2, 0.25) is 0 Å². The van der Waals surface area contributed by atoms with E-state index in [0.29, 0.717) is 12.2 Å². The van der Waals surface area contributed by atoms with E-state index in [1.807, 2.05) is 30.3 Å². The molecule has 5 heteroatoms. The lowest BCUT2D eigenvalue weighted by Crippen LogP contribution is -2.19. The summed E-state index contributed by atoms with van der Waals surface area (Å²) in [5.74, 6) is 0.595. The van der Waals surface area contributed by atoms with Crippen molar-refractivity contribution >= 4 is 17.4 Å². The second-order valence-electron chi connectivity index (χ2n) is 6.95. The minimum Gasteiger partial charge on any atom is -0.385 e. The number of methoxy groups -OCH3 is 1. The molecule has 0 aliphatic rings. The molecule has 0 aliphatic heterocycles. The van der Waals surface area contributed by atoms with Crippen molar-refractivity contribution in [3.05, 3.63) is 53.7 Å². The number of hydrogen-bond acceptors (Lipinski definition) is 4. The molecule has 0 radical (unpaired) electrons. The summed E-state index contributed by atoms with van der Waals surface area (Å²) in [6, 6.07) is 11.5. The topological polar surface area (TPSA) is 63.2 Å². The number of pyridine rings is 1. The van der Waals surface area contributed by atoms with Crippen LogP contribution in [0.3, 0.4) is 0 Å². The summed E-state index contributed by atoms with van der Waals surface area (Å²) in [5.41, 5.74) is 2.43. The molecule has 5 nitrogen and oxygen atoms in total. The molecule has 0 spiro atoms. The smallest absolute Gasteiger partial charge is 0.257 e. The minimum atomic E-state index is -0.157. The van der Waals surface area contributed by atoms with Gasteiger partial charge >= 0.3 is 0 Å². The molecule has 0 saturated carbocycles. The zero-order chi connectivity index (χ0) is 18.3. The van der Waals surface area contributed by atoms with Gasteiger partial charge in [-0.15, -0.1) is 0 Å². The molecule has 1 heterocycles. The monoisotopic (exact) mass is 341 g/mol. The van der Waals surface area contributed by atoms with Crippen molar-refractivity contribution in [2.45, 2.75) is 32.6 Å². The van der Waals surface area contributed by atoms with Crippen LogP contribution in [-0.2, 0) is 10.2 Å². The average Bonchev–Trinajstić information content (AvgIpc) is 2.59. The van der Waals surface area contributed by atoms with Gasteiger partial charge in [0.25, 0.3) is 5.91 Å². The van der Waals surface area contributed by atoms with Gasteiger partial charge < -0.3 is 15.4 Å². The van der Waals surface area contributed by atoms with Crippen LogP contribution < -0.4 is 10.6 Å². The van der Waals surface area contributed by atoms with Crippen LogP contribution in [0.15, 0.2) is 42.6 Å². The third-order valence-electron chi connectivity index (χ3n) is 3.84. The van der Waals surface area contributed by atoms with Gasteiger partial charge in [0, 0.05) is 32.1 Å². The fourth-order valence-corrected chi connectivity index (χ4v) is 2.51. The third kappa shape index (κ3) is 5.57. The van der Waals surface area contributed by atoms with Crippen molar-refractivity contribution in [3.63, 3.8) is 0 Å². The number of carbonyl (C=O) groups excluding carboxylic acids is 1. The highest BCUT2D eigenvalue weighted by Gasteiger charge is 2.19. The number of ether oxygens (including phenoxy) is 1. The molecule has 1 aromatic heterocycles. The summed E-state index contributed by atoms with van der Waals surface area (Å²) in [4.78, 5) is 16.8. The first-order valence-electron chi connectivity index (χ1n) is 8.51. The lowest BCUT2D eigenvalue weighted by Gasteiger charge is -2.23. The Morgan fingerprint density at radius 2 is 1.92 bits per heavy atom. The molecular weight excluding hydrogens is 314 g/mol. The number of anilines is 2. The second kappa shape index (κ2) is 8.62. The van der Waals surface area contributed by atoms with Crippen LogP contribution in [-0.4, -0.2) is 31.2 Å². The van der Waals surface area contributed by atoms with E-state index in [0.717, 1.165) is 30.0 Å². The normalized spacial score (nSPS) is 11.2. The Labute approximate surface area is 149 Å². The maximum atomic E-state index is 12.5. The van der Waals surface area contributed by atoms with Crippen LogP contribution in [0.5, 0.6) is 0 Å². The summed E-state index contributed by atoms with van der Waals surface area (Å²) >= 11 is 0. The van der Waals surface area contributed by atoms with E-state index < -0.39 is 0 Å². The van der Waals surface area contributed by atoms with Gasteiger partial charge in [0.15, 0.2) is 0 Å². The van der Waals surface area contributed by atoms with E-state index in [-0.39, 0.29) is 11.3 Å². The number of nitrogens with zero attached hydrogens (tertiary/aromatic N) is 1. The molecule has 1 amide bonds. The number of aromatic nitrogens is 1. The highest BCUT2D eigenvalue weighted by Crippen LogP contribution is 2.29. The van der Waals surface area contributed by atoms with Crippen molar-refractivity contribution in [2.75, 3.05) is 30.9 Å². The van der Waals surface area contributed by atoms with Crippen LogP contribution in [0.25, 0.3) is 0 Å². The van der Waals surface area contributed by atoms with E-state index in [9.17, 15) is 4.79 Å². The van der Waals surface area contributed by atoms with E-state index >= 15 is 0 Å². The Morgan fingerprint density at radius 3 is 2.56 bits per heavy atom. The Bertz CT molecular complexity index is 691. The molecule has 0 saturated heterocycles. The lowest BCUT2D eigenvalue weighted by molar-refractivity contribution is 0.102. The first kappa shape index (κ1) is 18.9. The molecule has 1 aromatic carbocycles. The van der Waals surface area contributed by atoms with E-state index in [1.54, 1.807) is 19.4 Å². The predicted octanol–water partition coefficient (Wildman–Crippen LogP) is 4.08. The molecule has 0 bridgehead atoms. The Balaban J connectivity index is 2.02. The highest BCUT2D eigenvalue weighted by molar-refractivity contribution is 6.04. The van der Waals surface area contributed by atoms with Gasteiger partial charge in [-0.3, -0.25) is 4.79 Å². The van der Waals surface area contributed by atoms with Gasteiger partial charge in [-0.1, -0.05) is 39.0 Å². The van der Waals surface area contributed by atoms with Gasteiger partial charge in [0.2, 0.25) is 0 Å². The van der Waals surface area contributed by atoms with Crippen molar-refractivity contribution in [1.82, 2.24) is 4.98 Å². The molecule has 0 atom stereocenters. The van der Waals surface area contributed by atoms with Gasteiger partial charge in [-0.05, 0) is 35.6 Å². The maximum absolute atomic E-state index is 12.5. The average molecular weight is 341 g/mol. The molecule has 134 valence electrons. The summed E-state index contributed by atoms with van der Waals surface area (Å²) in [6.45, 7) is 7.88. The molecule has 25 heavy (non-hydrogen) atoms. The fraction of sp³-hybridized carbons (Fsp3) is 0.400. The van der Waals surface area contributed by atoms with Gasteiger partial charge in [0.05, 0.1) is 5.56 Å². The summed E-state index contributed by atoms with van der Waals surface area (Å²) in [6.07, 6.45) is 2.50. The Kier molecular flexibility index (Phi) is 6.53. The lowest BCUT2D eigenvalue weighted by atomic mass is 9.86. The van der Waals surface area contributed by atoms with Crippen molar-refractivity contribution in [3.8, 4) is 0 Å². The molecule has 2 N–H and O–H groups in total. The predicted molar refractivity (Wildman–Crippen MR) is 102 cm³/mol. The second-order valence-corrected chi connectivity index (χ2v) is 6.95. The van der Waals surface area contributed by atoms with Crippen molar-refractivity contribution in [2.24, 2.45) is 0 Å². The first-order chi connectivity index (χ1) is 11.9. The molecule has 0 aliphatic carbocycles. The minimum absolute atomic E-state index is 0.0435. The fourth-order valence-electron chi connectivity index (χ4n) is 2.51. The number of amides is 1. The number of rotatable bonds is 7. The Hall–Kier alpha value is -2.40. The molecule has 0 unspecified atom stereocenters. The maximum Gasteiger partial charge on any atom is 0.257 e. The first-order valence-corrected chi connectivity index (χ1v) is 8.51. The molecule has 2 rings (SSSR count). The number of nitrogens with one attached hydrogen (secondary N) is 2. The van der Waals surface area contributed by atoms with Crippen molar-refractivity contribution < 1.29 is 9.53 Å². The highest BCUT2D eigenvalue weighted by atomic mass is 16.5. The number of hydrogen-bond donors (Lipinski definition) is 2. The number of carbonyl (C=O) groups is 1. The third-order valence-corrected chi connectivity index (χ3v) is 3.84. The zero-order valence-electron chi connectivity index (χ0n) is 15.4. The Morgan fingerprint density at radius 1 is 1.16 bits per heavy atom. The summed E-state index contributed by atoms with van der Waals surface area (Å²) in [5, 5.41) is 6.20. The van der Waals surface area contributed by atoms with Crippen LogP contribution >= 0.6 is 0 Å². The largest absolute Gasteiger partial charge is 0.385 e. The summed E-state index contributed by atoms with van der Waals surface area (Å²) in [7, 11) is 1.68. The van der Waals surface area contributed by atoms with Crippen LogP contribution in [0.1, 0.15) is 43.1 Å².